The lowest BCUT2D eigenvalue weighted by molar-refractivity contribution is -0.128. The first-order valence-electron chi connectivity index (χ1n) is 5.69. The van der Waals surface area contributed by atoms with Gasteiger partial charge in [-0.15, -0.1) is 0 Å². The van der Waals surface area contributed by atoms with Crippen LogP contribution in [0.1, 0.15) is 5.56 Å². The van der Waals surface area contributed by atoms with Gasteiger partial charge < -0.3 is 10.6 Å². The molecule has 7 heteroatoms. The number of anilines is 1. The number of carbonyl (C=O) groups excluding carboxylic acids is 1. The second-order valence-corrected chi connectivity index (χ2v) is 6.61. The van der Waals surface area contributed by atoms with E-state index in [0.29, 0.717) is 5.69 Å². The highest BCUT2D eigenvalue weighted by molar-refractivity contribution is 7.89. The van der Waals surface area contributed by atoms with Crippen LogP contribution in [0.25, 0.3) is 0 Å². The number of hydrogen-bond acceptors (Lipinski definition) is 4. The number of hydrogen-bond donors (Lipinski definition) is 1. The highest BCUT2D eigenvalue weighted by Gasteiger charge is 2.23. The molecule has 19 heavy (non-hydrogen) atoms. The molecule has 0 aromatic heterocycles. The van der Waals surface area contributed by atoms with E-state index in [1.165, 1.54) is 24.1 Å². The molecule has 1 aromatic rings. The van der Waals surface area contributed by atoms with E-state index in [2.05, 4.69) is 0 Å². The first kappa shape index (κ1) is 15.5. The van der Waals surface area contributed by atoms with Gasteiger partial charge in [-0.2, -0.15) is 4.31 Å². The Balaban J connectivity index is 3.03. The second-order valence-electron chi connectivity index (χ2n) is 4.57. The lowest BCUT2D eigenvalue weighted by Gasteiger charge is -2.19. The molecule has 0 radical (unpaired) electrons. The third-order valence-corrected chi connectivity index (χ3v) is 4.61. The van der Waals surface area contributed by atoms with Gasteiger partial charge in [0.1, 0.15) is 0 Å². The van der Waals surface area contributed by atoms with Crippen LogP contribution in [0.4, 0.5) is 5.69 Å². The van der Waals surface area contributed by atoms with Crippen LogP contribution >= 0.6 is 0 Å². The van der Waals surface area contributed by atoms with Crippen LogP contribution in [0.3, 0.4) is 0 Å². The molecule has 1 rings (SSSR count). The van der Waals surface area contributed by atoms with Crippen LogP contribution in [-0.4, -0.2) is 51.2 Å². The maximum Gasteiger partial charge on any atom is 0.243 e. The van der Waals surface area contributed by atoms with Gasteiger partial charge in [-0.1, -0.05) is 6.07 Å². The molecule has 0 bridgehead atoms. The van der Waals surface area contributed by atoms with Gasteiger partial charge in [0.2, 0.25) is 15.9 Å². The Morgan fingerprint density at radius 2 is 1.84 bits per heavy atom. The van der Waals surface area contributed by atoms with Crippen LogP contribution < -0.4 is 5.73 Å². The third-order valence-electron chi connectivity index (χ3n) is 2.82. The van der Waals surface area contributed by atoms with Crippen molar-refractivity contribution in [3.63, 3.8) is 0 Å². The van der Waals surface area contributed by atoms with Gasteiger partial charge in [-0.25, -0.2) is 8.42 Å². The average Bonchev–Trinajstić information content (AvgIpc) is 2.32. The zero-order valence-electron chi connectivity index (χ0n) is 11.5. The van der Waals surface area contributed by atoms with Gasteiger partial charge in [-0.3, -0.25) is 4.79 Å². The number of nitrogens with zero attached hydrogens (tertiary/aromatic N) is 2. The number of sulfonamides is 1. The number of amides is 1. The summed E-state index contributed by atoms with van der Waals surface area (Å²) in [5.74, 6) is -0.286. The van der Waals surface area contributed by atoms with Crippen LogP contribution in [0, 0.1) is 6.92 Å². The Bertz CT molecular complexity index is 582. The summed E-state index contributed by atoms with van der Waals surface area (Å²) >= 11 is 0. The van der Waals surface area contributed by atoms with Crippen LogP contribution in [0.5, 0.6) is 0 Å². The number of likely N-dealkylation sites (N-methyl/N-ethyl adjacent to an activating group) is 2. The first-order chi connectivity index (χ1) is 8.66. The molecule has 0 atom stereocenters. The van der Waals surface area contributed by atoms with Gasteiger partial charge in [0.05, 0.1) is 11.4 Å². The zero-order valence-corrected chi connectivity index (χ0v) is 12.4. The molecule has 0 unspecified atom stereocenters. The van der Waals surface area contributed by atoms with Crippen molar-refractivity contribution in [2.45, 2.75) is 11.8 Å². The molecule has 0 aliphatic rings. The average molecular weight is 285 g/mol. The van der Waals surface area contributed by atoms with Crippen molar-refractivity contribution in [3.05, 3.63) is 23.8 Å². The van der Waals surface area contributed by atoms with Gasteiger partial charge in [0.15, 0.2) is 0 Å². The maximum atomic E-state index is 12.3. The van der Waals surface area contributed by atoms with E-state index >= 15 is 0 Å². The van der Waals surface area contributed by atoms with Crippen LogP contribution in [0.2, 0.25) is 0 Å². The predicted molar refractivity (Wildman–Crippen MR) is 74.1 cm³/mol. The predicted octanol–water partition coefficient (Wildman–Crippen LogP) is 0.286. The highest BCUT2D eigenvalue weighted by Crippen LogP contribution is 2.19. The molecule has 1 amide bonds. The number of rotatable bonds is 4. The summed E-state index contributed by atoms with van der Waals surface area (Å²) in [4.78, 5) is 13.0. The number of benzene rings is 1. The molecule has 0 saturated carbocycles. The first-order valence-corrected chi connectivity index (χ1v) is 7.13. The van der Waals surface area contributed by atoms with Crippen molar-refractivity contribution < 1.29 is 13.2 Å². The summed E-state index contributed by atoms with van der Waals surface area (Å²) in [7, 11) is 0.819. The SMILES string of the molecule is Cc1ccc(S(=O)(=O)N(C)CC(=O)N(C)C)cc1N. The summed E-state index contributed by atoms with van der Waals surface area (Å²) in [5.41, 5.74) is 6.93. The van der Waals surface area contributed by atoms with Crippen molar-refractivity contribution in [3.8, 4) is 0 Å². The number of aryl methyl sites for hydroxylation is 1. The number of nitrogens with two attached hydrogens (primary N) is 1. The van der Waals surface area contributed by atoms with Crippen molar-refractivity contribution in [1.29, 1.82) is 0 Å². The molecule has 0 fully saturated rings. The fourth-order valence-electron chi connectivity index (χ4n) is 1.38. The fourth-order valence-corrected chi connectivity index (χ4v) is 2.53. The topological polar surface area (TPSA) is 83.7 Å². The Labute approximate surface area is 113 Å². The monoisotopic (exact) mass is 285 g/mol. The van der Waals surface area contributed by atoms with E-state index in [4.69, 9.17) is 5.73 Å². The molecule has 0 saturated heterocycles. The Hall–Kier alpha value is -1.60. The minimum atomic E-state index is -3.70. The Morgan fingerprint density at radius 1 is 1.26 bits per heavy atom. The lowest BCUT2D eigenvalue weighted by atomic mass is 10.2. The summed E-state index contributed by atoms with van der Waals surface area (Å²) in [6.07, 6.45) is 0. The van der Waals surface area contributed by atoms with E-state index in [1.807, 2.05) is 0 Å². The van der Waals surface area contributed by atoms with Crippen molar-refractivity contribution in [2.75, 3.05) is 33.4 Å². The molecule has 0 heterocycles. The molecule has 2 N–H and O–H groups in total. The summed E-state index contributed by atoms with van der Waals surface area (Å²) < 4.78 is 25.5. The molecular formula is C12H19N3O3S. The maximum absolute atomic E-state index is 12.3. The highest BCUT2D eigenvalue weighted by atomic mass is 32.2. The van der Waals surface area contributed by atoms with Crippen LogP contribution in [-0.2, 0) is 14.8 Å². The number of carbonyl (C=O) groups is 1. The molecule has 1 aromatic carbocycles. The summed E-state index contributed by atoms with van der Waals surface area (Å²) in [6, 6.07) is 4.53. The van der Waals surface area contributed by atoms with E-state index in [9.17, 15) is 13.2 Å². The Kier molecular flexibility index (Phi) is 4.54. The number of nitrogen functional groups attached to an aromatic ring is 1. The van der Waals surface area contributed by atoms with Crippen LogP contribution in [0.15, 0.2) is 23.1 Å². The smallest absolute Gasteiger partial charge is 0.243 e. The summed E-state index contributed by atoms with van der Waals surface area (Å²) in [5, 5.41) is 0. The zero-order chi connectivity index (χ0) is 14.8. The third kappa shape index (κ3) is 3.45. The molecule has 6 nitrogen and oxygen atoms in total. The largest absolute Gasteiger partial charge is 0.398 e. The minimum absolute atomic E-state index is 0.0876. The quantitative estimate of drug-likeness (QED) is 0.806. The van der Waals surface area contributed by atoms with E-state index in [0.717, 1.165) is 9.87 Å². The van der Waals surface area contributed by atoms with Gasteiger partial charge in [0.25, 0.3) is 0 Å². The minimum Gasteiger partial charge on any atom is -0.398 e. The molecule has 0 aliphatic carbocycles. The molecule has 106 valence electrons. The van der Waals surface area contributed by atoms with Crippen molar-refractivity contribution in [2.24, 2.45) is 0 Å². The Morgan fingerprint density at radius 3 is 2.32 bits per heavy atom. The normalized spacial score (nSPS) is 11.6. The summed E-state index contributed by atoms with van der Waals surface area (Å²) in [6.45, 7) is 1.59. The van der Waals surface area contributed by atoms with Gasteiger partial charge >= 0.3 is 0 Å². The standard InChI is InChI=1S/C12H19N3O3S/c1-9-5-6-10(7-11(9)13)19(17,18)15(4)8-12(16)14(2)3/h5-7H,8,13H2,1-4H3. The van der Waals surface area contributed by atoms with Gasteiger partial charge in [0, 0.05) is 26.8 Å². The van der Waals surface area contributed by atoms with E-state index < -0.39 is 10.0 Å². The second kappa shape index (κ2) is 5.58. The molecular weight excluding hydrogens is 266 g/mol. The lowest BCUT2D eigenvalue weighted by Crippen LogP contribution is -2.37. The van der Waals surface area contributed by atoms with E-state index in [-0.39, 0.29) is 17.3 Å². The van der Waals surface area contributed by atoms with Gasteiger partial charge in [-0.05, 0) is 24.6 Å². The van der Waals surface area contributed by atoms with E-state index in [1.54, 1.807) is 27.1 Å². The fraction of sp³-hybridized carbons (Fsp3) is 0.417. The van der Waals surface area contributed by atoms with Crippen molar-refractivity contribution in [1.82, 2.24) is 9.21 Å². The molecule has 0 aliphatic heterocycles. The molecule has 0 spiro atoms. The van der Waals surface area contributed by atoms with Crippen molar-refractivity contribution >= 4 is 21.6 Å².